The van der Waals surface area contributed by atoms with Crippen molar-refractivity contribution in [3.63, 3.8) is 0 Å². The maximum atomic E-state index is 11.3. The van der Waals surface area contributed by atoms with Crippen LogP contribution in [0, 0.1) is 11.3 Å². The van der Waals surface area contributed by atoms with Crippen LogP contribution in [0.3, 0.4) is 0 Å². The zero-order valence-electron chi connectivity index (χ0n) is 39.4. The second-order valence-corrected chi connectivity index (χ2v) is 16.7. The van der Waals surface area contributed by atoms with Gasteiger partial charge in [0.05, 0.1) is 11.4 Å². The number of hydrogen-bond donors (Lipinski definition) is 2. The average Bonchev–Trinajstić information content (AvgIpc) is 4.24. The average molecular weight is 941 g/mol. The van der Waals surface area contributed by atoms with Crippen molar-refractivity contribution in [3.8, 4) is 0 Å². The number of anilines is 4. The number of rotatable bonds is 16. The van der Waals surface area contributed by atoms with E-state index in [2.05, 4.69) is 16.9 Å². The molecule has 0 bridgehead atoms. The molecule has 16 nitrogen and oxygen atoms in total. The third-order valence-corrected chi connectivity index (χ3v) is 12.3. The van der Waals surface area contributed by atoms with E-state index in [-0.39, 0.29) is 12.8 Å². The Kier molecular flexibility index (Phi) is 15.6. The topological polar surface area (TPSA) is 203 Å². The normalized spacial score (nSPS) is 13.9. The summed E-state index contributed by atoms with van der Waals surface area (Å²) < 4.78 is 11.8. The smallest absolute Gasteiger partial charge is 0.333 e. The Bertz CT molecular complexity index is 2770. The molecule has 2 aliphatic heterocycles. The molecule has 2 aliphatic rings. The lowest BCUT2D eigenvalue weighted by molar-refractivity contribution is -0.546. The first-order valence-corrected chi connectivity index (χ1v) is 23.6. The van der Waals surface area contributed by atoms with Gasteiger partial charge in [-0.2, -0.15) is 10.9 Å². The number of fused-ring (bicyclic) bond motifs is 2. The number of hydrazone groups is 2. The van der Waals surface area contributed by atoms with Crippen molar-refractivity contribution in [2.75, 3.05) is 20.5 Å². The molecular weight excluding hydrogens is 885 g/mol. The SMILES string of the molecule is CCCCCCC(C(=O)[O-])C(CC)(CC)C(=O)[O-].c1ccc(N2N=C(c3nc4ccccc4o3)[NH2+]N2c2ccccc2)cc1.c1ccc(N2N=C(c3nc4ccccc4o3)[NH2+]N2c2ccccc2)cc1. The highest BCUT2D eigenvalue weighted by Gasteiger charge is 2.38. The molecule has 70 heavy (non-hydrogen) atoms. The monoisotopic (exact) mass is 940 g/mol. The summed E-state index contributed by atoms with van der Waals surface area (Å²) in [5, 5.41) is 39.7. The Hall–Kier alpha value is -8.34. The number of aromatic nitrogens is 2. The summed E-state index contributed by atoms with van der Waals surface area (Å²) in [6.45, 7) is 5.46. The van der Waals surface area contributed by atoms with E-state index >= 15 is 0 Å². The van der Waals surface area contributed by atoms with Crippen LogP contribution < -0.4 is 41.5 Å². The van der Waals surface area contributed by atoms with Gasteiger partial charge in [-0.3, -0.25) is 0 Å². The summed E-state index contributed by atoms with van der Waals surface area (Å²) in [6, 6.07) is 55.6. The molecule has 0 radical (unpaired) electrons. The van der Waals surface area contributed by atoms with E-state index < -0.39 is 23.3 Å². The van der Waals surface area contributed by atoms with E-state index in [1.54, 1.807) is 13.8 Å². The number of para-hydroxylation sites is 8. The fraction of sp³-hybridized carbons (Fsp3) is 0.222. The molecule has 4 N–H and O–H groups in total. The largest absolute Gasteiger partial charge is 0.550 e. The molecule has 0 saturated heterocycles. The van der Waals surface area contributed by atoms with E-state index in [0.29, 0.717) is 29.9 Å². The molecule has 10 rings (SSSR count). The van der Waals surface area contributed by atoms with Gasteiger partial charge in [-0.1, -0.05) is 154 Å². The minimum atomic E-state index is -1.29. The Balaban J connectivity index is 0.000000145. The number of carboxylic acid groups (broad SMARTS) is 2. The maximum Gasteiger partial charge on any atom is 0.333 e. The van der Waals surface area contributed by atoms with Crippen LogP contribution in [-0.2, 0) is 9.59 Å². The number of amidine groups is 2. The van der Waals surface area contributed by atoms with Gasteiger partial charge in [-0.15, -0.1) is 20.5 Å². The number of carbonyl (C=O) groups excluding carboxylic acids is 2. The molecule has 0 aliphatic carbocycles. The lowest BCUT2D eigenvalue weighted by atomic mass is 9.69. The number of oxazole rings is 2. The van der Waals surface area contributed by atoms with Gasteiger partial charge in [-0.25, -0.2) is 9.97 Å². The van der Waals surface area contributed by atoms with E-state index in [0.717, 1.165) is 70.6 Å². The van der Waals surface area contributed by atoms with Crippen molar-refractivity contribution in [1.29, 1.82) is 0 Å². The minimum absolute atomic E-state index is 0.262. The fourth-order valence-corrected chi connectivity index (χ4v) is 8.44. The quantitative estimate of drug-likeness (QED) is 0.0768. The first-order valence-electron chi connectivity index (χ1n) is 23.6. The molecule has 1 atom stereocenters. The van der Waals surface area contributed by atoms with Gasteiger partial charge in [0.25, 0.3) is 0 Å². The number of aliphatic carboxylic acids is 2. The standard InChI is InChI=1S/2C20H15N5O.C14H26O4/c2*1-3-9-15(10-4-1)24-22-19(23-25(24)16-11-5-2-6-12-16)20-21-17-13-7-8-14-18(17)26-20;1-4-7-8-9-10-11(12(15)16)14(5-2,6-3)13(17)18/h2*1-14H,(H,22,23);11H,4-10H2,1-3H3,(H,15,16)(H,17,18). The van der Waals surface area contributed by atoms with E-state index in [9.17, 15) is 19.8 Å². The number of benzene rings is 6. The molecule has 0 fully saturated rings. The number of hydrazine groups is 2. The zero-order chi connectivity index (χ0) is 48.9. The Morgan fingerprint density at radius 1 is 0.529 bits per heavy atom. The van der Waals surface area contributed by atoms with Crippen LogP contribution >= 0.6 is 0 Å². The number of nitrogens with two attached hydrogens (primary N) is 2. The molecule has 4 heterocycles. The third kappa shape index (κ3) is 10.8. The van der Waals surface area contributed by atoms with Crippen molar-refractivity contribution in [1.82, 2.24) is 9.97 Å². The summed E-state index contributed by atoms with van der Waals surface area (Å²) in [4.78, 5) is 31.7. The van der Waals surface area contributed by atoms with E-state index in [4.69, 9.17) is 19.0 Å². The van der Waals surface area contributed by atoms with Crippen LogP contribution in [-0.4, -0.2) is 33.6 Å². The molecule has 16 heteroatoms. The first-order chi connectivity index (χ1) is 34.2. The van der Waals surface area contributed by atoms with Crippen LogP contribution in [0.15, 0.2) is 189 Å². The van der Waals surface area contributed by atoms with Gasteiger partial charge in [0.15, 0.2) is 11.2 Å². The molecule has 6 aromatic carbocycles. The third-order valence-electron chi connectivity index (χ3n) is 12.3. The molecule has 0 amide bonds. The second kappa shape index (κ2) is 22.6. The summed E-state index contributed by atoms with van der Waals surface area (Å²) in [7, 11) is 0. The predicted molar refractivity (Wildman–Crippen MR) is 266 cm³/mol. The van der Waals surface area contributed by atoms with Gasteiger partial charge < -0.3 is 28.6 Å². The summed E-state index contributed by atoms with van der Waals surface area (Å²) in [5.74, 6) is -1.12. The van der Waals surface area contributed by atoms with Crippen molar-refractivity contribution >= 4 is 68.6 Å². The van der Waals surface area contributed by atoms with Gasteiger partial charge >= 0.3 is 23.5 Å². The molecule has 8 aromatic rings. The van der Waals surface area contributed by atoms with E-state index in [1.807, 2.05) is 201 Å². The summed E-state index contributed by atoms with van der Waals surface area (Å²) in [6.07, 6.45) is 4.63. The van der Waals surface area contributed by atoms with Crippen LogP contribution in [0.5, 0.6) is 0 Å². The minimum Gasteiger partial charge on any atom is -0.550 e. The van der Waals surface area contributed by atoms with Crippen LogP contribution in [0.1, 0.15) is 77.5 Å². The van der Waals surface area contributed by atoms with Crippen molar-refractivity contribution in [3.05, 3.63) is 182 Å². The van der Waals surface area contributed by atoms with Crippen molar-refractivity contribution < 1.29 is 39.5 Å². The van der Waals surface area contributed by atoms with Gasteiger partial charge in [0, 0.05) is 23.3 Å². The van der Waals surface area contributed by atoms with Gasteiger partial charge in [-0.05, 0) is 92.1 Å². The summed E-state index contributed by atoms with van der Waals surface area (Å²) in [5.41, 5.74) is 9.66. The summed E-state index contributed by atoms with van der Waals surface area (Å²) >= 11 is 0. The molecule has 358 valence electrons. The highest BCUT2D eigenvalue weighted by Crippen LogP contribution is 2.38. The number of carboxylic acids is 2. The van der Waals surface area contributed by atoms with Crippen LogP contribution in [0.4, 0.5) is 22.7 Å². The van der Waals surface area contributed by atoms with Crippen LogP contribution in [0.2, 0.25) is 0 Å². The lowest BCUT2D eigenvalue weighted by Gasteiger charge is -2.41. The Labute approximate surface area is 406 Å². The zero-order valence-corrected chi connectivity index (χ0v) is 39.4. The number of hydrogen-bond acceptors (Lipinski definition) is 14. The number of unbranched alkanes of at least 4 members (excludes halogenated alkanes) is 3. The predicted octanol–water partition coefficient (Wildman–Crippen LogP) is 6.70. The fourth-order valence-electron chi connectivity index (χ4n) is 8.44. The second-order valence-electron chi connectivity index (χ2n) is 16.7. The van der Waals surface area contributed by atoms with Gasteiger partial charge in [0.2, 0.25) is 0 Å². The Morgan fingerprint density at radius 2 is 0.914 bits per heavy atom. The highest BCUT2D eigenvalue weighted by atomic mass is 16.4. The first kappa shape index (κ1) is 48.1. The maximum absolute atomic E-state index is 11.3. The number of quaternary nitrogens is 2. The molecule has 0 saturated carbocycles. The number of carbonyl (C=O) groups is 2. The van der Waals surface area contributed by atoms with Crippen molar-refractivity contribution in [2.24, 2.45) is 21.5 Å². The highest BCUT2D eigenvalue weighted by molar-refractivity contribution is 5.93. The molecule has 0 spiro atoms. The lowest BCUT2D eigenvalue weighted by Crippen LogP contribution is -2.96. The molecular formula is C54H56N10O6. The Morgan fingerprint density at radius 3 is 1.27 bits per heavy atom. The van der Waals surface area contributed by atoms with Crippen molar-refractivity contribution in [2.45, 2.75) is 65.7 Å². The van der Waals surface area contributed by atoms with Gasteiger partial charge in [0.1, 0.15) is 22.4 Å². The molecule has 2 aromatic heterocycles. The van der Waals surface area contributed by atoms with Crippen LogP contribution in [0.25, 0.3) is 22.2 Å². The van der Waals surface area contributed by atoms with E-state index in [1.165, 1.54) is 0 Å². The molecule has 1 unspecified atom stereocenters. The number of nitrogens with zero attached hydrogens (tertiary/aromatic N) is 8.